The lowest BCUT2D eigenvalue weighted by atomic mass is 9.75. The van der Waals surface area contributed by atoms with Crippen LogP contribution < -0.4 is 0 Å². The maximum atomic E-state index is 4.97. The summed E-state index contributed by atoms with van der Waals surface area (Å²) in [4.78, 5) is 0. The topological polar surface area (TPSA) is 9.23 Å². The van der Waals surface area contributed by atoms with Gasteiger partial charge in [-0.3, -0.25) is 0 Å². The highest BCUT2D eigenvalue weighted by atomic mass is 16.5. The molecule has 1 heterocycles. The highest BCUT2D eigenvalue weighted by molar-refractivity contribution is 4.87. The molecule has 0 bridgehead atoms. The summed E-state index contributed by atoms with van der Waals surface area (Å²) in [6, 6.07) is 0. The molecule has 1 atom stereocenters. The second-order valence-electron chi connectivity index (χ2n) is 2.82. The largest absolute Gasteiger partial charge is 0.375 e. The van der Waals surface area contributed by atoms with Crippen molar-refractivity contribution in [3.63, 3.8) is 0 Å². The highest BCUT2D eigenvalue weighted by Gasteiger charge is 2.32. The second-order valence-corrected chi connectivity index (χ2v) is 2.82. The van der Waals surface area contributed by atoms with E-state index in [-0.39, 0.29) is 0 Å². The lowest BCUT2D eigenvalue weighted by Crippen LogP contribution is -2.33. The number of rotatable bonds is 1. The average Bonchev–Trinajstić information content (AvgIpc) is 1.47. The van der Waals surface area contributed by atoms with Crippen LogP contribution in [-0.4, -0.2) is 6.61 Å². The highest BCUT2D eigenvalue weighted by Crippen LogP contribution is 2.38. The first kappa shape index (κ1) is 4.80. The van der Waals surface area contributed by atoms with Crippen molar-refractivity contribution in [3.05, 3.63) is 6.61 Å². The molecule has 1 nitrogen and oxygen atoms in total. The fraction of sp³-hybridized carbons (Fsp3) is 0.857. The van der Waals surface area contributed by atoms with Crippen LogP contribution in [0.4, 0.5) is 0 Å². The maximum absolute atomic E-state index is 4.97. The monoisotopic (exact) mass is 111 g/mol. The van der Waals surface area contributed by atoms with Crippen molar-refractivity contribution in [1.29, 1.82) is 0 Å². The molecule has 0 spiro atoms. The van der Waals surface area contributed by atoms with Crippen molar-refractivity contribution in [2.24, 2.45) is 11.8 Å². The zero-order valence-electron chi connectivity index (χ0n) is 4.97. The zero-order valence-corrected chi connectivity index (χ0v) is 4.97. The molecule has 0 aromatic heterocycles. The zero-order chi connectivity index (χ0) is 5.40. The first-order chi connectivity index (χ1) is 3.97. The predicted octanol–water partition coefficient (Wildman–Crippen LogP) is 1.59. The molecule has 1 aliphatic carbocycles. The summed E-state index contributed by atoms with van der Waals surface area (Å²) < 4.78 is 4.97. The standard InChI is InChI=1S/C7H11O/c1-2-6(3-1)7-4-8-5-7/h4,6-7H,1-3,5H2. The molecule has 1 unspecified atom stereocenters. The van der Waals surface area contributed by atoms with Gasteiger partial charge in [-0.15, -0.1) is 0 Å². The van der Waals surface area contributed by atoms with E-state index in [1.807, 2.05) is 6.61 Å². The molecule has 1 saturated heterocycles. The lowest BCUT2D eigenvalue weighted by Gasteiger charge is -2.38. The minimum atomic E-state index is 0.837. The summed E-state index contributed by atoms with van der Waals surface area (Å²) in [5.74, 6) is 1.84. The molecule has 1 aliphatic heterocycles. The SMILES string of the molecule is [CH]1OCC1C1CCC1. The third-order valence-corrected chi connectivity index (χ3v) is 2.32. The van der Waals surface area contributed by atoms with Gasteiger partial charge in [-0.1, -0.05) is 6.42 Å². The van der Waals surface area contributed by atoms with Gasteiger partial charge in [0.15, 0.2) is 0 Å². The second kappa shape index (κ2) is 1.73. The van der Waals surface area contributed by atoms with Crippen LogP contribution in [0.2, 0.25) is 0 Å². The summed E-state index contributed by atoms with van der Waals surface area (Å²) in [6.45, 7) is 3.01. The Hall–Kier alpha value is -0.0400. The molecule has 8 heavy (non-hydrogen) atoms. The Morgan fingerprint density at radius 1 is 1.38 bits per heavy atom. The van der Waals surface area contributed by atoms with Gasteiger partial charge < -0.3 is 4.74 Å². The quantitative estimate of drug-likeness (QED) is 0.499. The minimum absolute atomic E-state index is 0.837. The van der Waals surface area contributed by atoms with Crippen molar-refractivity contribution in [1.82, 2.24) is 0 Å². The number of hydrogen-bond acceptors (Lipinski definition) is 1. The molecule has 0 aromatic carbocycles. The molecular weight excluding hydrogens is 100 g/mol. The van der Waals surface area contributed by atoms with Crippen molar-refractivity contribution in [3.8, 4) is 0 Å². The van der Waals surface area contributed by atoms with E-state index < -0.39 is 0 Å². The van der Waals surface area contributed by atoms with Gasteiger partial charge in [0.05, 0.1) is 13.2 Å². The third-order valence-electron chi connectivity index (χ3n) is 2.32. The van der Waals surface area contributed by atoms with Crippen LogP contribution in [-0.2, 0) is 4.74 Å². The fourth-order valence-corrected chi connectivity index (χ4v) is 1.32. The van der Waals surface area contributed by atoms with Crippen LogP contribution in [0, 0.1) is 18.4 Å². The van der Waals surface area contributed by atoms with Crippen LogP contribution in [0.25, 0.3) is 0 Å². The number of hydrogen-bond donors (Lipinski definition) is 0. The van der Waals surface area contributed by atoms with E-state index in [0.29, 0.717) is 0 Å². The van der Waals surface area contributed by atoms with Crippen molar-refractivity contribution in [2.75, 3.05) is 6.61 Å². The molecule has 2 aliphatic rings. The normalized spacial score (nSPS) is 31.5. The van der Waals surface area contributed by atoms with Gasteiger partial charge in [-0.25, -0.2) is 0 Å². The molecule has 1 heteroatoms. The van der Waals surface area contributed by atoms with Gasteiger partial charge in [-0.2, -0.15) is 0 Å². The Bertz CT molecular complexity index is 70.4. The van der Waals surface area contributed by atoms with E-state index >= 15 is 0 Å². The Balaban J connectivity index is 1.79. The van der Waals surface area contributed by atoms with E-state index in [4.69, 9.17) is 4.74 Å². The van der Waals surface area contributed by atoms with Crippen LogP contribution >= 0.6 is 0 Å². The number of ether oxygens (including phenoxy) is 1. The molecule has 1 radical (unpaired) electrons. The maximum Gasteiger partial charge on any atom is 0.0893 e. The predicted molar refractivity (Wildman–Crippen MR) is 31.1 cm³/mol. The van der Waals surface area contributed by atoms with Gasteiger partial charge >= 0.3 is 0 Å². The molecule has 45 valence electrons. The fourth-order valence-electron chi connectivity index (χ4n) is 1.32. The summed E-state index contributed by atoms with van der Waals surface area (Å²) in [6.07, 6.45) is 4.35. The van der Waals surface area contributed by atoms with Crippen molar-refractivity contribution < 1.29 is 4.74 Å². The van der Waals surface area contributed by atoms with E-state index in [9.17, 15) is 0 Å². The van der Waals surface area contributed by atoms with Crippen LogP contribution in [0.1, 0.15) is 19.3 Å². The Morgan fingerprint density at radius 3 is 2.25 bits per heavy atom. The summed E-state index contributed by atoms with van der Waals surface area (Å²) in [5, 5.41) is 0. The Morgan fingerprint density at radius 2 is 2.12 bits per heavy atom. The van der Waals surface area contributed by atoms with Gasteiger partial charge in [0.1, 0.15) is 0 Å². The van der Waals surface area contributed by atoms with Crippen molar-refractivity contribution >= 4 is 0 Å². The van der Waals surface area contributed by atoms with Crippen molar-refractivity contribution in [2.45, 2.75) is 19.3 Å². The minimum Gasteiger partial charge on any atom is -0.375 e. The smallest absolute Gasteiger partial charge is 0.0893 e. The van der Waals surface area contributed by atoms with Gasteiger partial charge in [-0.05, 0) is 18.8 Å². The van der Waals surface area contributed by atoms with Gasteiger partial charge in [0, 0.05) is 5.92 Å². The van der Waals surface area contributed by atoms with E-state index in [0.717, 1.165) is 18.4 Å². The Labute approximate surface area is 50.0 Å². The summed E-state index contributed by atoms with van der Waals surface area (Å²) in [7, 11) is 0. The van der Waals surface area contributed by atoms with Crippen LogP contribution in [0.3, 0.4) is 0 Å². The molecule has 1 saturated carbocycles. The summed E-state index contributed by atoms with van der Waals surface area (Å²) >= 11 is 0. The molecular formula is C7H11O. The molecule has 0 amide bonds. The first-order valence-electron chi connectivity index (χ1n) is 3.42. The van der Waals surface area contributed by atoms with Gasteiger partial charge in [0.25, 0.3) is 0 Å². The first-order valence-corrected chi connectivity index (χ1v) is 3.42. The van der Waals surface area contributed by atoms with E-state index in [1.54, 1.807) is 0 Å². The van der Waals surface area contributed by atoms with Crippen LogP contribution in [0.5, 0.6) is 0 Å². The van der Waals surface area contributed by atoms with Crippen LogP contribution in [0.15, 0.2) is 0 Å². The Kier molecular flexibility index (Phi) is 1.04. The average molecular weight is 111 g/mol. The molecule has 2 fully saturated rings. The van der Waals surface area contributed by atoms with E-state index in [2.05, 4.69) is 0 Å². The molecule has 2 rings (SSSR count). The van der Waals surface area contributed by atoms with Gasteiger partial charge in [0.2, 0.25) is 0 Å². The molecule has 0 aromatic rings. The third kappa shape index (κ3) is 0.576. The lowest BCUT2D eigenvalue weighted by molar-refractivity contribution is -0.0191. The molecule has 0 N–H and O–H groups in total. The summed E-state index contributed by atoms with van der Waals surface area (Å²) in [5.41, 5.74) is 0. The van der Waals surface area contributed by atoms with E-state index in [1.165, 1.54) is 19.3 Å².